The minimum Gasteiger partial charge on any atom is -0.323 e. The van der Waals surface area contributed by atoms with Crippen LogP contribution in [0.15, 0.2) is 241 Å². The molecule has 0 amide bonds. The van der Waals surface area contributed by atoms with E-state index in [1.54, 1.807) is 6.07 Å². The van der Waals surface area contributed by atoms with Gasteiger partial charge in [-0.25, -0.2) is 43.7 Å². The summed E-state index contributed by atoms with van der Waals surface area (Å²) in [6.45, 7) is 71.2. The second-order valence-electron chi connectivity index (χ2n) is 42.1. The predicted molar refractivity (Wildman–Crippen MR) is 548 cm³/mol. The van der Waals surface area contributed by atoms with E-state index in [1.807, 2.05) is 88.5 Å². The van der Waals surface area contributed by atoms with Gasteiger partial charge in [-0.1, -0.05) is 316 Å². The molecule has 18 heteroatoms. The van der Waals surface area contributed by atoms with Crippen molar-refractivity contribution in [3.8, 4) is 45.6 Å². The summed E-state index contributed by atoms with van der Waals surface area (Å²) in [5.74, 6) is 4.94. The molecule has 0 N–H and O–H groups in total. The van der Waals surface area contributed by atoms with E-state index in [-0.39, 0.29) is 99.1 Å². The SMILES string of the molecule is [C-]#[N+]C1=C[C@@]2(C)c3nc(-c4ccc(C(C)C)cc4)n(Cc4ccc(C)cc4)c3CC[C@@H]2[C@@H](C)C1=O.[C-]#[N+]C1=C[C@@]2(C)c3nc(-c4ccc(C(C)C)cc4)n(Cc4ccc(C)cc4)c3CC[C@@H]2[C@@H](C)C1=O.[C-]#[N+]C1=C[C@@]2(C)c3nc(-c4ccc(C(C)C)cc4)n(Cc4ccccc4F)c3CC[C@@H]2[C@@H](C)C1=O.[C-]#[N+]C1=C[C@@]2(C)c3nc(-c4ccc(C(C)C)cc4)n(Cc4ccccn4)c3CC[C@@H]2[C@@H](C)C1=O. The van der Waals surface area contributed by atoms with E-state index < -0.39 is 21.7 Å². The largest absolute Gasteiger partial charge is 0.323 e. The number of aryl methyl sites for hydroxylation is 2. The molecule has 0 spiro atoms. The summed E-state index contributed by atoms with van der Waals surface area (Å²) in [5, 5.41) is 0. The van der Waals surface area contributed by atoms with Crippen LogP contribution in [0.25, 0.3) is 64.9 Å². The molecule has 0 fully saturated rings. The van der Waals surface area contributed by atoms with Gasteiger partial charge in [-0.3, -0.25) is 4.98 Å². The number of ketones is 4. The summed E-state index contributed by atoms with van der Waals surface area (Å²) in [6.07, 6.45) is 16.4. The van der Waals surface area contributed by atoms with Gasteiger partial charge in [0.1, 0.15) is 29.1 Å². The molecule has 0 radical (unpaired) electrons. The molecule has 139 heavy (non-hydrogen) atoms. The number of Topliss-reactive ketones (excluding diaryl/α,β-unsaturated/α-hetero) is 4. The number of hydrogen-bond donors (Lipinski definition) is 0. The normalized spacial score (nSPS) is 23.5. The van der Waals surface area contributed by atoms with Gasteiger partial charge < -0.3 is 37.4 Å². The molecule has 7 aromatic carbocycles. The molecule has 0 saturated carbocycles. The summed E-state index contributed by atoms with van der Waals surface area (Å²) in [6, 6.07) is 64.9. The van der Waals surface area contributed by atoms with Crippen molar-refractivity contribution in [3.05, 3.63) is 394 Å². The van der Waals surface area contributed by atoms with E-state index in [0.717, 1.165) is 144 Å². The van der Waals surface area contributed by atoms with Crippen LogP contribution in [0.1, 0.15) is 261 Å². The minimum absolute atomic E-state index is 0.0190. The average Bonchev–Trinajstić information content (AvgIpc) is 1.69. The number of aromatic nitrogens is 9. The smallest absolute Gasteiger partial charge is 0.226 e. The number of halogens is 1. The molecule has 5 heterocycles. The van der Waals surface area contributed by atoms with Crippen molar-refractivity contribution >= 4 is 23.1 Å². The van der Waals surface area contributed by atoms with Crippen molar-refractivity contribution < 1.29 is 23.6 Å². The van der Waals surface area contributed by atoms with Crippen molar-refractivity contribution in [2.24, 2.45) is 47.3 Å². The number of carbonyl (C=O) groups excluding carboxylic acids is 4. The van der Waals surface area contributed by atoms with Gasteiger partial charge in [0, 0.05) is 115 Å². The van der Waals surface area contributed by atoms with E-state index in [0.29, 0.717) is 42.3 Å². The molecule has 5 aromatic heterocycles. The maximum atomic E-state index is 14.7. The van der Waals surface area contributed by atoms with Gasteiger partial charge in [-0.15, -0.1) is 0 Å². The fraction of sp³-hybridized carbons (Fsp3) is 0.380. The summed E-state index contributed by atoms with van der Waals surface area (Å²) >= 11 is 0. The molecular weight excluding hydrogens is 1720 g/mol. The number of benzene rings is 7. The van der Waals surface area contributed by atoms with Gasteiger partial charge in [0.05, 0.1) is 67.8 Å². The number of carbonyl (C=O) groups is 4. The molecular formula is C121H126FN13O4. The van der Waals surface area contributed by atoms with Gasteiger partial charge >= 0.3 is 0 Å². The lowest BCUT2D eigenvalue weighted by molar-refractivity contribution is -0.122. The van der Waals surface area contributed by atoms with Crippen LogP contribution in [0.4, 0.5) is 4.39 Å². The third-order valence-electron chi connectivity index (χ3n) is 32.1. The highest BCUT2D eigenvalue weighted by Gasteiger charge is 2.55. The number of fused-ring (bicyclic) bond motifs is 12. The highest BCUT2D eigenvalue weighted by molar-refractivity contribution is 6.02. The van der Waals surface area contributed by atoms with Crippen LogP contribution in [0, 0.1) is 93.3 Å². The molecule has 0 aliphatic heterocycles. The highest BCUT2D eigenvalue weighted by atomic mass is 19.1. The van der Waals surface area contributed by atoms with Crippen LogP contribution in [-0.4, -0.2) is 66.3 Å². The zero-order valence-electron chi connectivity index (χ0n) is 83.5. The van der Waals surface area contributed by atoms with Gasteiger partial charge in [0.2, 0.25) is 22.8 Å². The first-order chi connectivity index (χ1) is 66.5. The summed E-state index contributed by atoms with van der Waals surface area (Å²) in [5.41, 5.74) is 23.9. The zero-order valence-corrected chi connectivity index (χ0v) is 83.5. The first-order valence-electron chi connectivity index (χ1n) is 49.7. The Balaban J connectivity index is 0.000000128. The third kappa shape index (κ3) is 17.9. The molecule has 0 bridgehead atoms. The predicted octanol–water partition coefficient (Wildman–Crippen LogP) is 26.4. The molecule has 706 valence electrons. The maximum Gasteiger partial charge on any atom is 0.226 e. The summed E-state index contributed by atoms with van der Waals surface area (Å²) < 4.78 is 23.9. The number of allylic oxidation sites excluding steroid dienone is 8. The first kappa shape index (κ1) is 96.7. The number of hydrogen-bond acceptors (Lipinski definition) is 9. The Bertz CT molecular complexity index is 6870. The first-order valence-corrected chi connectivity index (χ1v) is 49.7. The van der Waals surface area contributed by atoms with Crippen molar-refractivity contribution in [2.45, 2.75) is 248 Å². The van der Waals surface area contributed by atoms with Crippen LogP contribution >= 0.6 is 0 Å². The van der Waals surface area contributed by atoms with Crippen molar-refractivity contribution in [2.75, 3.05) is 0 Å². The minimum atomic E-state index is -0.520. The Morgan fingerprint density at radius 3 is 0.856 bits per heavy atom. The third-order valence-corrected chi connectivity index (χ3v) is 32.1. The molecule has 0 saturated heterocycles. The van der Waals surface area contributed by atoms with Gasteiger partial charge in [0.25, 0.3) is 0 Å². The summed E-state index contributed by atoms with van der Waals surface area (Å²) in [4.78, 5) is 91.1. The fourth-order valence-corrected chi connectivity index (χ4v) is 23.8. The van der Waals surface area contributed by atoms with E-state index >= 15 is 0 Å². The fourth-order valence-electron chi connectivity index (χ4n) is 23.8. The van der Waals surface area contributed by atoms with Crippen LogP contribution < -0.4 is 0 Å². The Morgan fingerprint density at radius 1 is 0.345 bits per heavy atom. The van der Waals surface area contributed by atoms with Crippen LogP contribution in [0.2, 0.25) is 0 Å². The monoisotopic (exact) mass is 1840 g/mol. The Hall–Kier alpha value is -13.9. The van der Waals surface area contributed by atoms with Crippen molar-refractivity contribution in [1.29, 1.82) is 0 Å². The second-order valence-corrected chi connectivity index (χ2v) is 42.1. The zero-order chi connectivity index (χ0) is 98.7. The molecule has 8 aliphatic rings. The van der Waals surface area contributed by atoms with Crippen molar-refractivity contribution in [1.82, 2.24) is 43.2 Å². The number of pyridine rings is 1. The Kier molecular flexibility index (Phi) is 27.0. The topological polar surface area (TPSA) is 170 Å². The van der Waals surface area contributed by atoms with E-state index in [1.165, 1.54) is 67.7 Å². The lowest BCUT2D eigenvalue weighted by atomic mass is 9.59. The Morgan fingerprint density at radius 2 is 0.604 bits per heavy atom. The lowest BCUT2D eigenvalue weighted by Crippen LogP contribution is -2.45. The number of nitrogens with zero attached hydrogens (tertiary/aromatic N) is 13. The summed E-state index contributed by atoms with van der Waals surface area (Å²) in [7, 11) is 0. The average molecular weight is 1850 g/mol. The van der Waals surface area contributed by atoms with Crippen molar-refractivity contribution in [3.63, 3.8) is 0 Å². The molecule has 20 rings (SSSR count). The van der Waals surface area contributed by atoms with Gasteiger partial charge in [0.15, 0.2) is 23.1 Å². The molecule has 12 atom stereocenters. The van der Waals surface area contributed by atoms with Crippen LogP contribution in [-0.2, 0) is 92.7 Å². The highest BCUT2D eigenvalue weighted by Crippen LogP contribution is 2.56. The van der Waals surface area contributed by atoms with Crippen LogP contribution in [0.3, 0.4) is 0 Å². The van der Waals surface area contributed by atoms with Gasteiger partial charge in [-0.2, -0.15) is 0 Å². The van der Waals surface area contributed by atoms with Crippen LogP contribution in [0.5, 0.6) is 0 Å². The standard InChI is InChI=1S/2C31H33N3O.C30H30FN3O.C29H30N4O/c2*1-19(2)23-11-13-24(14-12-23)30-33-29-27(34(30)18-22-9-7-20(3)8-10-22)16-15-25-21(4)28(35)26(32-6)17-31(25,29)5;1-18(2)20-10-12-21(13-11-20)29-33-28-26(34(29)17-22-8-6-7-9-24(22)31)15-14-23-19(3)27(35)25(32-5)16-30(23,28)4;1-18(2)20-9-11-21(12-10-20)28-32-27-25(33(28)17-22-8-6-7-15-31-22)14-13-23-19(3)26(34)24(30-5)16-29(23,27)4/h2*7-14,17,19,21,25H,15-16,18H2,1-5H3;6-13,16,18-19,23H,14-15,17H2,1-4H3;6-12,15-16,18-19,23H,13-14,17H2,1-4H3/t2*21-,25-,31-;19-,23-,30-;19-,23-,29-/m1111/s1. The number of imidazole rings is 4. The second kappa shape index (κ2) is 38.8. The van der Waals surface area contributed by atoms with E-state index in [9.17, 15) is 23.6 Å². The molecule has 17 nitrogen and oxygen atoms in total. The van der Waals surface area contributed by atoms with Gasteiger partial charge in [-0.05, 0) is 164 Å². The van der Waals surface area contributed by atoms with E-state index in [4.69, 9.17) is 46.2 Å². The van der Waals surface area contributed by atoms with E-state index in [2.05, 4.69) is 285 Å². The molecule has 0 unspecified atom stereocenters. The number of rotatable bonds is 16. The maximum absolute atomic E-state index is 14.7. The Labute approximate surface area is 819 Å². The lowest BCUT2D eigenvalue weighted by Gasteiger charge is -2.44. The molecule has 12 aromatic rings. The molecule has 8 aliphatic carbocycles. The quantitative estimate of drug-likeness (QED) is 0.0854.